The van der Waals surface area contributed by atoms with Gasteiger partial charge in [-0.3, -0.25) is 11.3 Å². The Kier molecular flexibility index (Phi) is 5.40. The molecule has 1 saturated heterocycles. The minimum atomic E-state index is 0.228. The van der Waals surface area contributed by atoms with Gasteiger partial charge in [-0.1, -0.05) is 6.92 Å². The predicted octanol–water partition coefficient (Wildman–Crippen LogP) is 0.670. The van der Waals surface area contributed by atoms with Gasteiger partial charge in [-0.2, -0.15) is 0 Å². The molecule has 1 heterocycles. The summed E-state index contributed by atoms with van der Waals surface area (Å²) in [6, 6.07) is 0.228. The van der Waals surface area contributed by atoms with Gasteiger partial charge in [0.1, 0.15) is 0 Å². The molecule has 0 aromatic heterocycles. The lowest BCUT2D eigenvalue weighted by Gasteiger charge is -2.21. The van der Waals surface area contributed by atoms with Gasteiger partial charge in [-0.25, -0.2) is 0 Å². The summed E-state index contributed by atoms with van der Waals surface area (Å²) in [6.07, 6.45) is 2.49. The maximum Gasteiger partial charge on any atom is 0.0636 e. The minimum absolute atomic E-state index is 0.228. The molecule has 3 atom stereocenters. The molecule has 0 spiro atoms. The van der Waals surface area contributed by atoms with Crippen LogP contribution in [0.5, 0.6) is 0 Å². The molecule has 0 radical (unpaired) electrons. The summed E-state index contributed by atoms with van der Waals surface area (Å²) < 4.78 is 11.0. The Morgan fingerprint density at radius 2 is 2.43 bits per heavy atom. The van der Waals surface area contributed by atoms with E-state index in [0.29, 0.717) is 18.6 Å². The van der Waals surface area contributed by atoms with E-state index in [1.165, 1.54) is 0 Å². The lowest BCUT2D eigenvalue weighted by Crippen LogP contribution is -2.44. The third-order valence-corrected chi connectivity index (χ3v) is 2.66. The monoisotopic (exact) mass is 202 g/mol. The van der Waals surface area contributed by atoms with Crippen LogP contribution < -0.4 is 11.3 Å². The summed E-state index contributed by atoms with van der Waals surface area (Å²) >= 11 is 0. The highest BCUT2D eigenvalue weighted by Gasteiger charge is 2.28. The minimum Gasteiger partial charge on any atom is -0.380 e. The van der Waals surface area contributed by atoms with E-state index in [9.17, 15) is 0 Å². The van der Waals surface area contributed by atoms with Crippen LogP contribution in [0.15, 0.2) is 0 Å². The quantitative estimate of drug-likeness (QED) is 0.377. The number of rotatable bonds is 6. The average molecular weight is 202 g/mol. The van der Waals surface area contributed by atoms with Crippen LogP contribution in [0.2, 0.25) is 0 Å². The fourth-order valence-electron chi connectivity index (χ4n) is 1.81. The van der Waals surface area contributed by atoms with Crippen molar-refractivity contribution in [3.8, 4) is 0 Å². The summed E-state index contributed by atoms with van der Waals surface area (Å²) in [6.45, 7) is 6.49. The zero-order valence-electron chi connectivity index (χ0n) is 9.16. The van der Waals surface area contributed by atoms with Crippen molar-refractivity contribution in [2.75, 3.05) is 19.8 Å². The second-order valence-corrected chi connectivity index (χ2v) is 3.99. The fourth-order valence-corrected chi connectivity index (χ4v) is 1.81. The summed E-state index contributed by atoms with van der Waals surface area (Å²) in [4.78, 5) is 0. The first-order valence-corrected chi connectivity index (χ1v) is 5.43. The largest absolute Gasteiger partial charge is 0.380 e. The number of nitrogens with two attached hydrogens (primary N) is 1. The number of ether oxygens (including phenoxy) is 2. The Morgan fingerprint density at radius 1 is 1.64 bits per heavy atom. The van der Waals surface area contributed by atoms with E-state index >= 15 is 0 Å². The van der Waals surface area contributed by atoms with E-state index in [-0.39, 0.29) is 6.04 Å². The topological polar surface area (TPSA) is 56.5 Å². The van der Waals surface area contributed by atoms with Gasteiger partial charge < -0.3 is 9.47 Å². The summed E-state index contributed by atoms with van der Waals surface area (Å²) in [5.74, 6) is 5.99. The molecule has 14 heavy (non-hydrogen) atoms. The molecule has 0 aliphatic carbocycles. The van der Waals surface area contributed by atoms with Gasteiger partial charge in [0.2, 0.25) is 0 Å². The van der Waals surface area contributed by atoms with Crippen LogP contribution in [0, 0.1) is 5.92 Å². The van der Waals surface area contributed by atoms with E-state index in [2.05, 4.69) is 19.3 Å². The Labute approximate surface area is 86.1 Å². The molecule has 84 valence electrons. The van der Waals surface area contributed by atoms with Crippen LogP contribution in [-0.2, 0) is 9.47 Å². The molecule has 0 saturated carbocycles. The van der Waals surface area contributed by atoms with Gasteiger partial charge in [0.15, 0.2) is 0 Å². The van der Waals surface area contributed by atoms with Crippen molar-refractivity contribution >= 4 is 0 Å². The van der Waals surface area contributed by atoms with Crippen LogP contribution in [0.3, 0.4) is 0 Å². The molecular formula is C10H22N2O2. The van der Waals surface area contributed by atoms with Crippen molar-refractivity contribution in [1.29, 1.82) is 0 Å². The first-order valence-electron chi connectivity index (χ1n) is 5.43. The first-order chi connectivity index (χ1) is 6.77. The molecule has 4 heteroatoms. The number of nitrogens with one attached hydrogen (secondary N) is 1. The van der Waals surface area contributed by atoms with Crippen LogP contribution in [0.25, 0.3) is 0 Å². The Morgan fingerprint density at radius 3 is 2.93 bits per heavy atom. The fraction of sp³-hybridized carbons (Fsp3) is 1.00. The molecule has 3 N–H and O–H groups in total. The third-order valence-electron chi connectivity index (χ3n) is 2.66. The highest BCUT2D eigenvalue weighted by molar-refractivity contribution is 4.80. The lowest BCUT2D eigenvalue weighted by atomic mass is 9.98. The number of hydrogen-bond donors (Lipinski definition) is 2. The highest BCUT2D eigenvalue weighted by Crippen LogP contribution is 2.22. The second-order valence-electron chi connectivity index (χ2n) is 3.99. The normalized spacial score (nSPS) is 29.4. The predicted molar refractivity (Wildman–Crippen MR) is 55.7 cm³/mol. The summed E-state index contributed by atoms with van der Waals surface area (Å²) in [5.41, 5.74) is 2.82. The summed E-state index contributed by atoms with van der Waals surface area (Å²) in [5, 5.41) is 0. The van der Waals surface area contributed by atoms with E-state index in [0.717, 1.165) is 26.1 Å². The van der Waals surface area contributed by atoms with E-state index in [1.54, 1.807) is 0 Å². The SMILES string of the molecule is CCCOCC(NN)C1COC(C)C1. The van der Waals surface area contributed by atoms with E-state index in [4.69, 9.17) is 15.3 Å². The van der Waals surface area contributed by atoms with Gasteiger partial charge in [-0.05, 0) is 19.8 Å². The van der Waals surface area contributed by atoms with Crippen LogP contribution in [-0.4, -0.2) is 32.0 Å². The van der Waals surface area contributed by atoms with Gasteiger partial charge in [0.25, 0.3) is 0 Å². The maximum absolute atomic E-state index is 5.50. The van der Waals surface area contributed by atoms with Crippen molar-refractivity contribution in [2.45, 2.75) is 38.8 Å². The summed E-state index contributed by atoms with van der Waals surface area (Å²) in [7, 11) is 0. The van der Waals surface area contributed by atoms with Crippen LogP contribution in [0.1, 0.15) is 26.7 Å². The molecule has 3 unspecified atom stereocenters. The van der Waals surface area contributed by atoms with Gasteiger partial charge in [-0.15, -0.1) is 0 Å². The maximum atomic E-state index is 5.50. The highest BCUT2D eigenvalue weighted by atomic mass is 16.5. The Balaban J connectivity index is 2.23. The molecule has 1 aliphatic rings. The molecule has 1 aliphatic heterocycles. The molecular weight excluding hydrogens is 180 g/mol. The number of hydrazine groups is 1. The molecule has 1 rings (SSSR count). The van der Waals surface area contributed by atoms with Crippen molar-refractivity contribution in [3.63, 3.8) is 0 Å². The van der Waals surface area contributed by atoms with Gasteiger partial charge in [0.05, 0.1) is 19.3 Å². The zero-order chi connectivity index (χ0) is 10.4. The van der Waals surface area contributed by atoms with E-state index < -0.39 is 0 Å². The third kappa shape index (κ3) is 3.53. The van der Waals surface area contributed by atoms with Crippen molar-refractivity contribution in [1.82, 2.24) is 5.43 Å². The van der Waals surface area contributed by atoms with Crippen LogP contribution >= 0.6 is 0 Å². The Hall–Kier alpha value is -0.160. The second kappa shape index (κ2) is 6.35. The average Bonchev–Trinajstić information content (AvgIpc) is 2.60. The molecule has 4 nitrogen and oxygen atoms in total. The smallest absolute Gasteiger partial charge is 0.0636 e. The van der Waals surface area contributed by atoms with Crippen molar-refractivity contribution in [3.05, 3.63) is 0 Å². The standard InChI is InChI=1S/C10H22N2O2/c1-3-4-13-7-10(12-11)9-5-8(2)14-6-9/h8-10,12H,3-7,11H2,1-2H3. The molecule has 0 aromatic carbocycles. The lowest BCUT2D eigenvalue weighted by molar-refractivity contribution is 0.0823. The molecule has 0 amide bonds. The van der Waals surface area contributed by atoms with Crippen molar-refractivity contribution in [2.24, 2.45) is 11.8 Å². The molecule has 0 bridgehead atoms. The molecule has 0 aromatic rings. The Bertz CT molecular complexity index is 155. The van der Waals surface area contributed by atoms with Gasteiger partial charge >= 0.3 is 0 Å². The van der Waals surface area contributed by atoms with Gasteiger partial charge in [0, 0.05) is 18.6 Å². The first kappa shape index (κ1) is 11.9. The molecule has 1 fully saturated rings. The van der Waals surface area contributed by atoms with Crippen LogP contribution in [0.4, 0.5) is 0 Å². The van der Waals surface area contributed by atoms with E-state index in [1.807, 2.05) is 0 Å². The zero-order valence-corrected chi connectivity index (χ0v) is 9.16. The number of hydrogen-bond acceptors (Lipinski definition) is 4. The van der Waals surface area contributed by atoms with Crippen molar-refractivity contribution < 1.29 is 9.47 Å².